The van der Waals surface area contributed by atoms with E-state index in [2.05, 4.69) is 10.6 Å². The Hall–Kier alpha value is -1.59. The summed E-state index contributed by atoms with van der Waals surface area (Å²) in [4.78, 5) is 35.4. The van der Waals surface area contributed by atoms with Gasteiger partial charge in [-0.15, -0.1) is 0 Å². The molecule has 24 heavy (non-hydrogen) atoms. The van der Waals surface area contributed by atoms with E-state index in [9.17, 15) is 19.5 Å². The SMILES string of the molecule is O=C(CC1CCCCC1)NCC(=O)N[C@H]1CCCCC[C@H]1C(=O)O. The van der Waals surface area contributed by atoms with Crippen LogP contribution in [0.25, 0.3) is 0 Å². The van der Waals surface area contributed by atoms with Gasteiger partial charge >= 0.3 is 5.97 Å². The predicted octanol–water partition coefficient (Wildman–Crippen LogP) is 2.22. The molecule has 2 aliphatic rings. The second-order valence-corrected chi connectivity index (χ2v) is 7.24. The highest BCUT2D eigenvalue weighted by Crippen LogP contribution is 2.26. The first-order valence-corrected chi connectivity index (χ1v) is 9.35. The summed E-state index contributed by atoms with van der Waals surface area (Å²) in [6, 6.07) is -0.326. The number of carboxylic acid groups (broad SMARTS) is 1. The summed E-state index contributed by atoms with van der Waals surface area (Å²) in [7, 11) is 0. The van der Waals surface area contributed by atoms with Gasteiger partial charge in [-0.25, -0.2) is 0 Å². The van der Waals surface area contributed by atoms with Gasteiger partial charge in [0.05, 0.1) is 12.5 Å². The minimum atomic E-state index is -0.844. The van der Waals surface area contributed by atoms with Crippen LogP contribution in [0.1, 0.15) is 70.6 Å². The van der Waals surface area contributed by atoms with Crippen molar-refractivity contribution >= 4 is 17.8 Å². The van der Waals surface area contributed by atoms with Gasteiger partial charge < -0.3 is 15.7 Å². The molecule has 0 aliphatic heterocycles. The molecule has 0 aromatic carbocycles. The summed E-state index contributed by atoms with van der Waals surface area (Å²) in [5.41, 5.74) is 0. The van der Waals surface area contributed by atoms with E-state index in [4.69, 9.17) is 0 Å². The lowest BCUT2D eigenvalue weighted by Gasteiger charge is -2.23. The van der Waals surface area contributed by atoms with Crippen LogP contribution in [0.4, 0.5) is 0 Å². The molecule has 0 radical (unpaired) electrons. The quantitative estimate of drug-likeness (QED) is 0.647. The van der Waals surface area contributed by atoms with Gasteiger partial charge in [-0.3, -0.25) is 14.4 Å². The fraction of sp³-hybridized carbons (Fsp3) is 0.833. The number of hydrogen-bond donors (Lipinski definition) is 3. The second-order valence-electron chi connectivity index (χ2n) is 7.24. The first kappa shape index (κ1) is 18.7. The van der Waals surface area contributed by atoms with Crippen molar-refractivity contribution in [1.29, 1.82) is 0 Å². The maximum Gasteiger partial charge on any atom is 0.308 e. The zero-order chi connectivity index (χ0) is 17.4. The van der Waals surface area contributed by atoms with Crippen LogP contribution in [-0.4, -0.2) is 35.5 Å². The summed E-state index contributed by atoms with van der Waals surface area (Å²) in [5, 5.41) is 14.8. The summed E-state index contributed by atoms with van der Waals surface area (Å²) >= 11 is 0. The molecular formula is C18H30N2O4. The molecule has 2 aliphatic carbocycles. The van der Waals surface area contributed by atoms with E-state index in [0.29, 0.717) is 25.2 Å². The maximum absolute atomic E-state index is 12.1. The van der Waals surface area contributed by atoms with Crippen LogP contribution in [0, 0.1) is 11.8 Å². The van der Waals surface area contributed by atoms with E-state index < -0.39 is 11.9 Å². The summed E-state index contributed by atoms with van der Waals surface area (Å²) in [5.74, 6) is -1.28. The van der Waals surface area contributed by atoms with Gasteiger partial charge in [0.1, 0.15) is 0 Å². The van der Waals surface area contributed by atoms with Gasteiger partial charge in [0.25, 0.3) is 0 Å². The molecule has 0 aromatic heterocycles. The third-order valence-corrected chi connectivity index (χ3v) is 5.32. The Morgan fingerprint density at radius 3 is 2.12 bits per heavy atom. The lowest BCUT2D eigenvalue weighted by Crippen LogP contribution is -2.46. The topological polar surface area (TPSA) is 95.5 Å². The molecule has 3 N–H and O–H groups in total. The fourth-order valence-electron chi connectivity index (χ4n) is 3.94. The molecule has 0 aromatic rings. The highest BCUT2D eigenvalue weighted by atomic mass is 16.4. The Kier molecular flexibility index (Phi) is 7.53. The van der Waals surface area contributed by atoms with Crippen LogP contribution in [0.3, 0.4) is 0 Å². The Bertz CT molecular complexity index is 446. The number of nitrogens with one attached hydrogen (secondary N) is 2. The highest BCUT2D eigenvalue weighted by molar-refractivity contribution is 5.85. The van der Waals surface area contributed by atoms with E-state index in [1.165, 1.54) is 19.3 Å². The lowest BCUT2D eigenvalue weighted by atomic mass is 9.87. The predicted molar refractivity (Wildman–Crippen MR) is 90.3 cm³/mol. The molecule has 0 spiro atoms. The average molecular weight is 338 g/mol. The standard InChI is InChI=1S/C18H30N2O4/c21-16(11-13-7-3-1-4-8-13)19-12-17(22)20-15-10-6-2-5-9-14(15)18(23)24/h13-15H,1-12H2,(H,19,21)(H,20,22)(H,23,24)/t14-,15+/m1/s1. The zero-order valence-electron chi connectivity index (χ0n) is 14.4. The molecule has 6 heteroatoms. The van der Waals surface area contributed by atoms with Crippen LogP contribution in [0.2, 0.25) is 0 Å². The molecule has 6 nitrogen and oxygen atoms in total. The minimum Gasteiger partial charge on any atom is -0.481 e. The largest absolute Gasteiger partial charge is 0.481 e. The number of carbonyl (C=O) groups excluding carboxylic acids is 2. The van der Waals surface area contributed by atoms with Crippen LogP contribution in [-0.2, 0) is 14.4 Å². The normalized spacial score (nSPS) is 25.5. The van der Waals surface area contributed by atoms with E-state index in [1.54, 1.807) is 0 Å². The number of amides is 2. The Morgan fingerprint density at radius 2 is 1.46 bits per heavy atom. The lowest BCUT2D eigenvalue weighted by molar-refractivity contribution is -0.143. The first-order chi connectivity index (χ1) is 11.6. The van der Waals surface area contributed by atoms with Gasteiger partial charge in [-0.1, -0.05) is 38.5 Å². The second kappa shape index (κ2) is 9.64. The van der Waals surface area contributed by atoms with Crippen molar-refractivity contribution < 1.29 is 19.5 Å². The van der Waals surface area contributed by atoms with Gasteiger partial charge in [0.15, 0.2) is 0 Å². The molecule has 0 saturated heterocycles. The Labute approximate surface area is 143 Å². The van der Waals surface area contributed by atoms with Crippen LogP contribution < -0.4 is 10.6 Å². The molecule has 2 atom stereocenters. The fourth-order valence-corrected chi connectivity index (χ4v) is 3.94. The molecule has 0 bridgehead atoms. The van der Waals surface area contributed by atoms with Crippen molar-refractivity contribution in [2.24, 2.45) is 11.8 Å². The van der Waals surface area contributed by atoms with Crippen molar-refractivity contribution in [3.63, 3.8) is 0 Å². The molecule has 0 heterocycles. The van der Waals surface area contributed by atoms with Crippen LogP contribution >= 0.6 is 0 Å². The van der Waals surface area contributed by atoms with E-state index in [0.717, 1.165) is 32.1 Å². The maximum atomic E-state index is 12.1. The van der Waals surface area contributed by atoms with E-state index >= 15 is 0 Å². The van der Waals surface area contributed by atoms with Gasteiger partial charge in [-0.05, 0) is 31.6 Å². The third kappa shape index (κ3) is 6.13. The Morgan fingerprint density at radius 1 is 0.833 bits per heavy atom. The van der Waals surface area contributed by atoms with Gasteiger partial charge in [0, 0.05) is 12.5 Å². The van der Waals surface area contributed by atoms with Gasteiger partial charge in [0.2, 0.25) is 11.8 Å². The molecule has 136 valence electrons. The molecule has 2 amide bonds. The van der Waals surface area contributed by atoms with Crippen molar-refractivity contribution in [3.05, 3.63) is 0 Å². The van der Waals surface area contributed by atoms with Crippen molar-refractivity contribution in [2.75, 3.05) is 6.54 Å². The summed E-state index contributed by atoms with van der Waals surface area (Å²) in [6.45, 7) is -0.0611. The molecule has 2 saturated carbocycles. The monoisotopic (exact) mass is 338 g/mol. The molecule has 0 unspecified atom stereocenters. The summed E-state index contributed by atoms with van der Waals surface area (Å²) in [6.07, 6.45) is 10.5. The molecule has 2 fully saturated rings. The van der Waals surface area contributed by atoms with Crippen molar-refractivity contribution in [3.8, 4) is 0 Å². The Balaban J connectivity index is 1.72. The average Bonchev–Trinajstić information content (AvgIpc) is 2.79. The van der Waals surface area contributed by atoms with Crippen molar-refractivity contribution in [2.45, 2.75) is 76.7 Å². The van der Waals surface area contributed by atoms with Crippen molar-refractivity contribution in [1.82, 2.24) is 10.6 Å². The van der Waals surface area contributed by atoms with Crippen LogP contribution in [0.5, 0.6) is 0 Å². The smallest absolute Gasteiger partial charge is 0.308 e. The molecular weight excluding hydrogens is 308 g/mol. The van der Waals surface area contributed by atoms with Crippen LogP contribution in [0.15, 0.2) is 0 Å². The number of rotatable bonds is 6. The summed E-state index contributed by atoms with van der Waals surface area (Å²) < 4.78 is 0. The van der Waals surface area contributed by atoms with E-state index in [1.807, 2.05) is 0 Å². The molecule has 2 rings (SSSR count). The number of hydrogen-bond acceptors (Lipinski definition) is 3. The third-order valence-electron chi connectivity index (χ3n) is 5.32. The first-order valence-electron chi connectivity index (χ1n) is 9.35. The van der Waals surface area contributed by atoms with Gasteiger partial charge in [-0.2, -0.15) is 0 Å². The van der Waals surface area contributed by atoms with E-state index in [-0.39, 0.29) is 24.4 Å². The minimum absolute atomic E-state index is 0.0611. The number of carboxylic acids is 1. The highest BCUT2D eigenvalue weighted by Gasteiger charge is 2.30. The number of carbonyl (C=O) groups is 3. The zero-order valence-corrected chi connectivity index (χ0v) is 14.4. The number of aliphatic carboxylic acids is 1.